The van der Waals surface area contributed by atoms with Crippen LogP contribution in [0.4, 0.5) is 0 Å². The Hall–Kier alpha value is -2.62. The first-order valence-corrected chi connectivity index (χ1v) is 8.46. The van der Waals surface area contributed by atoms with Gasteiger partial charge in [-0.2, -0.15) is 0 Å². The standard InChI is InChI=1S/C20H20N2O2/c23-20(17-6-7-18-19(13-17)24-14-21-18)22-10-8-16(9-11-22)12-15-4-2-1-3-5-15/h1-7,13-14,16H,8-12H2. The summed E-state index contributed by atoms with van der Waals surface area (Å²) in [7, 11) is 0. The maximum Gasteiger partial charge on any atom is 0.253 e. The van der Waals surface area contributed by atoms with Gasteiger partial charge in [0.25, 0.3) is 5.91 Å². The van der Waals surface area contributed by atoms with Crippen molar-refractivity contribution in [2.45, 2.75) is 19.3 Å². The number of fused-ring (bicyclic) bond motifs is 1. The Kier molecular flexibility index (Phi) is 4.03. The monoisotopic (exact) mass is 320 g/mol. The zero-order chi connectivity index (χ0) is 16.4. The lowest BCUT2D eigenvalue weighted by Gasteiger charge is -2.32. The summed E-state index contributed by atoms with van der Waals surface area (Å²) in [6.45, 7) is 1.65. The number of oxazole rings is 1. The fraction of sp³-hybridized carbons (Fsp3) is 0.300. The van der Waals surface area contributed by atoms with E-state index in [9.17, 15) is 4.79 Å². The van der Waals surface area contributed by atoms with E-state index in [4.69, 9.17) is 4.42 Å². The molecule has 122 valence electrons. The van der Waals surface area contributed by atoms with E-state index in [1.807, 2.05) is 17.0 Å². The molecule has 4 heteroatoms. The van der Waals surface area contributed by atoms with Gasteiger partial charge in [-0.1, -0.05) is 30.3 Å². The number of rotatable bonds is 3. The van der Waals surface area contributed by atoms with Crippen molar-refractivity contribution < 1.29 is 9.21 Å². The van der Waals surface area contributed by atoms with Crippen LogP contribution in [-0.2, 0) is 6.42 Å². The highest BCUT2D eigenvalue weighted by Gasteiger charge is 2.24. The second-order valence-electron chi connectivity index (χ2n) is 6.46. The van der Waals surface area contributed by atoms with Crippen molar-refractivity contribution in [3.05, 3.63) is 66.1 Å². The fourth-order valence-corrected chi connectivity index (χ4v) is 3.46. The molecule has 1 aliphatic rings. The number of hydrogen-bond acceptors (Lipinski definition) is 3. The summed E-state index contributed by atoms with van der Waals surface area (Å²) in [4.78, 5) is 18.7. The van der Waals surface area contributed by atoms with Gasteiger partial charge < -0.3 is 9.32 Å². The molecular formula is C20H20N2O2. The fourth-order valence-electron chi connectivity index (χ4n) is 3.46. The van der Waals surface area contributed by atoms with Gasteiger partial charge in [-0.25, -0.2) is 4.98 Å². The van der Waals surface area contributed by atoms with E-state index in [0.717, 1.165) is 37.9 Å². The molecule has 0 N–H and O–H groups in total. The molecule has 0 unspecified atom stereocenters. The number of amides is 1. The van der Waals surface area contributed by atoms with Gasteiger partial charge in [-0.3, -0.25) is 4.79 Å². The third kappa shape index (κ3) is 3.04. The largest absolute Gasteiger partial charge is 0.443 e. The molecule has 0 radical (unpaired) electrons. The smallest absolute Gasteiger partial charge is 0.253 e. The Labute approximate surface area is 141 Å². The first-order chi connectivity index (χ1) is 11.8. The summed E-state index contributed by atoms with van der Waals surface area (Å²) in [6, 6.07) is 16.1. The first kappa shape index (κ1) is 14.9. The van der Waals surface area contributed by atoms with Crippen LogP contribution in [0.5, 0.6) is 0 Å². The molecule has 4 nitrogen and oxygen atoms in total. The number of aromatic nitrogens is 1. The minimum Gasteiger partial charge on any atom is -0.443 e. The number of likely N-dealkylation sites (tertiary alicyclic amines) is 1. The lowest BCUT2D eigenvalue weighted by atomic mass is 9.90. The lowest BCUT2D eigenvalue weighted by molar-refractivity contribution is 0.0690. The number of benzene rings is 2. The number of hydrogen-bond donors (Lipinski definition) is 0. The molecule has 0 spiro atoms. The lowest BCUT2D eigenvalue weighted by Crippen LogP contribution is -2.38. The normalized spacial score (nSPS) is 15.8. The van der Waals surface area contributed by atoms with Gasteiger partial charge in [-0.15, -0.1) is 0 Å². The summed E-state index contributed by atoms with van der Waals surface area (Å²) < 4.78 is 5.30. The van der Waals surface area contributed by atoms with Crippen molar-refractivity contribution in [3.63, 3.8) is 0 Å². The van der Waals surface area contributed by atoms with Crippen molar-refractivity contribution in [1.82, 2.24) is 9.88 Å². The van der Waals surface area contributed by atoms with Gasteiger partial charge in [0.1, 0.15) is 5.52 Å². The van der Waals surface area contributed by atoms with Crippen molar-refractivity contribution in [2.24, 2.45) is 5.92 Å². The topological polar surface area (TPSA) is 46.3 Å². The predicted molar refractivity (Wildman–Crippen MR) is 92.8 cm³/mol. The molecule has 24 heavy (non-hydrogen) atoms. The van der Waals surface area contributed by atoms with E-state index in [0.29, 0.717) is 17.1 Å². The van der Waals surface area contributed by atoms with Gasteiger partial charge in [0.15, 0.2) is 12.0 Å². The average Bonchev–Trinajstić information content (AvgIpc) is 3.10. The van der Waals surface area contributed by atoms with Gasteiger partial charge in [0.05, 0.1) is 0 Å². The van der Waals surface area contributed by atoms with Crippen LogP contribution in [0, 0.1) is 5.92 Å². The molecule has 0 bridgehead atoms. The molecule has 0 aliphatic carbocycles. The quantitative estimate of drug-likeness (QED) is 0.735. The zero-order valence-electron chi connectivity index (χ0n) is 13.5. The molecule has 0 atom stereocenters. The van der Waals surface area contributed by atoms with Gasteiger partial charge in [0, 0.05) is 18.7 Å². The second kappa shape index (κ2) is 6.48. The minimum absolute atomic E-state index is 0.0893. The highest BCUT2D eigenvalue weighted by molar-refractivity contribution is 5.97. The van der Waals surface area contributed by atoms with Crippen LogP contribution in [0.25, 0.3) is 11.1 Å². The summed E-state index contributed by atoms with van der Waals surface area (Å²) in [5, 5.41) is 0. The summed E-state index contributed by atoms with van der Waals surface area (Å²) in [6.07, 6.45) is 4.64. The van der Waals surface area contributed by atoms with E-state index in [2.05, 4.69) is 35.3 Å². The average molecular weight is 320 g/mol. The van der Waals surface area contributed by atoms with E-state index >= 15 is 0 Å². The van der Waals surface area contributed by atoms with Crippen molar-refractivity contribution in [1.29, 1.82) is 0 Å². The third-order valence-electron chi connectivity index (χ3n) is 4.85. The van der Waals surface area contributed by atoms with Crippen LogP contribution in [0.1, 0.15) is 28.8 Å². The minimum atomic E-state index is 0.0893. The molecule has 3 aromatic rings. The molecule has 1 amide bonds. The van der Waals surface area contributed by atoms with E-state index in [-0.39, 0.29) is 5.91 Å². The van der Waals surface area contributed by atoms with E-state index < -0.39 is 0 Å². The zero-order valence-corrected chi connectivity index (χ0v) is 13.5. The summed E-state index contributed by atoms with van der Waals surface area (Å²) >= 11 is 0. The molecule has 1 saturated heterocycles. The Morgan fingerprint density at radius 3 is 2.71 bits per heavy atom. The summed E-state index contributed by atoms with van der Waals surface area (Å²) in [5.41, 5.74) is 3.52. The van der Waals surface area contributed by atoms with Crippen LogP contribution < -0.4 is 0 Å². The van der Waals surface area contributed by atoms with E-state index in [1.165, 1.54) is 12.0 Å². The van der Waals surface area contributed by atoms with Gasteiger partial charge in [0.2, 0.25) is 0 Å². The Balaban J connectivity index is 1.39. The Bertz CT molecular complexity index is 833. The van der Waals surface area contributed by atoms with Crippen LogP contribution >= 0.6 is 0 Å². The first-order valence-electron chi connectivity index (χ1n) is 8.46. The Morgan fingerprint density at radius 1 is 1.12 bits per heavy atom. The molecule has 1 aromatic heterocycles. The number of nitrogens with zero attached hydrogens (tertiary/aromatic N) is 2. The molecular weight excluding hydrogens is 300 g/mol. The number of carbonyl (C=O) groups excluding carboxylic acids is 1. The van der Waals surface area contributed by atoms with Crippen molar-refractivity contribution in [3.8, 4) is 0 Å². The van der Waals surface area contributed by atoms with E-state index in [1.54, 1.807) is 6.07 Å². The summed E-state index contributed by atoms with van der Waals surface area (Å²) in [5.74, 6) is 0.750. The SMILES string of the molecule is O=C(c1ccc2ncoc2c1)N1CCC(Cc2ccccc2)CC1. The highest BCUT2D eigenvalue weighted by Crippen LogP contribution is 2.23. The second-order valence-corrected chi connectivity index (χ2v) is 6.46. The van der Waals surface area contributed by atoms with Crippen LogP contribution in [0.3, 0.4) is 0 Å². The van der Waals surface area contributed by atoms with Crippen LogP contribution in [-0.4, -0.2) is 28.9 Å². The maximum absolute atomic E-state index is 12.7. The van der Waals surface area contributed by atoms with Crippen molar-refractivity contribution in [2.75, 3.05) is 13.1 Å². The molecule has 1 aliphatic heterocycles. The third-order valence-corrected chi connectivity index (χ3v) is 4.85. The molecule has 2 heterocycles. The van der Waals surface area contributed by atoms with Crippen molar-refractivity contribution >= 4 is 17.0 Å². The Morgan fingerprint density at radius 2 is 1.92 bits per heavy atom. The number of carbonyl (C=O) groups is 1. The molecule has 1 fully saturated rings. The molecule has 2 aromatic carbocycles. The highest BCUT2D eigenvalue weighted by atomic mass is 16.3. The van der Waals surface area contributed by atoms with Crippen LogP contribution in [0.15, 0.2) is 59.3 Å². The van der Waals surface area contributed by atoms with Gasteiger partial charge in [-0.05, 0) is 48.9 Å². The molecule has 4 rings (SSSR count). The van der Waals surface area contributed by atoms with Crippen LogP contribution in [0.2, 0.25) is 0 Å². The molecule has 0 saturated carbocycles. The predicted octanol–water partition coefficient (Wildman–Crippen LogP) is 3.92. The maximum atomic E-state index is 12.7. The van der Waals surface area contributed by atoms with Gasteiger partial charge >= 0.3 is 0 Å². The number of piperidine rings is 1.